The van der Waals surface area contributed by atoms with Crippen molar-refractivity contribution in [1.82, 2.24) is 9.55 Å². The first-order valence-electron chi connectivity index (χ1n) is 8.41. The molecule has 5 nitrogen and oxygen atoms in total. The van der Waals surface area contributed by atoms with Gasteiger partial charge >= 0.3 is 6.18 Å². The van der Waals surface area contributed by atoms with Crippen molar-refractivity contribution in [3.63, 3.8) is 0 Å². The molecular weight excluding hydrogens is 529 g/mol. The Morgan fingerprint density at radius 2 is 1.93 bits per heavy atom. The Labute approximate surface area is 179 Å². The maximum atomic E-state index is 13.2. The molecule has 1 unspecified atom stereocenters. The van der Waals surface area contributed by atoms with E-state index in [4.69, 9.17) is 11.6 Å². The zero-order valence-corrected chi connectivity index (χ0v) is 18.4. The largest absolute Gasteiger partial charge is 0.416 e. The van der Waals surface area contributed by atoms with Crippen molar-refractivity contribution in [3.8, 4) is 0 Å². The summed E-state index contributed by atoms with van der Waals surface area (Å²) in [6.07, 6.45) is -2.39. The third kappa shape index (κ3) is 4.63. The second kappa shape index (κ2) is 8.45. The van der Waals surface area contributed by atoms with Gasteiger partial charge in [-0.05, 0) is 46.5 Å². The van der Waals surface area contributed by atoms with Crippen molar-refractivity contribution in [2.24, 2.45) is 0 Å². The van der Waals surface area contributed by atoms with Crippen molar-refractivity contribution in [3.05, 3.63) is 57.0 Å². The quantitative estimate of drug-likeness (QED) is 0.460. The second-order valence-electron chi connectivity index (χ2n) is 6.69. The summed E-state index contributed by atoms with van der Waals surface area (Å²) in [7, 11) is 0. The smallest absolute Gasteiger partial charge is 0.389 e. The summed E-state index contributed by atoms with van der Waals surface area (Å²) in [6, 6.07) is 5.31. The Kier molecular flexibility index (Phi) is 6.58. The van der Waals surface area contributed by atoms with E-state index in [-0.39, 0.29) is 41.8 Å². The fourth-order valence-corrected chi connectivity index (χ4v) is 4.99. The highest BCUT2D eigenvalue weighted by Gasteiger charge is 2.38. The van der Waals surface area contributed by atoms with Gasteiger partial charge in [-0.25, -0.2) is 4.45 Å². The molecule has 0 radical (unpaired) electrons. The summed E-state index contributed by atoms with van der Waals surface area (Å²) in [5, 5.41) is 15.0. The molecule has 1 atom stereocenters. The Balaban J connectivity index is 1.75. The lowest BCUT2D eigenvalue weighted by Gasteiger charge is -2.39. The number of benzene rings is 1. The van der Waals surface area contributed by atoms with Crippen molar-refractivity contribution in [2.45, 2.75) is 31.0 Å². The van der Waals surface area contributed by atoms with E-state index in [1.807, 2.05) is 26.9 Å². The molecule has 1 aliphatic rings. The van der Waals surface area contributed by atoms with Crippen LogP contribution in [0.1, 0.15) is 24.0 Å². The molecule has 2 aromatic rings. The van der Waals surface area contributed by atoms with Crippen LogP contribution in [0.3, 0.4) is 0 Å². The number of aromatic nitrogens is 2. The number of halogens is 5. The standard InChI is InChI=1S/C17H17ClF3IN3O2P/c18-14-13(10-23-25(28-22)15(14)26)24-7-5-16(27,6-8-24)9-11-3-1-2-4-12(11)17(19,20)21/h1-4,10,27-28H,5-9H2. The molecule has 3 rings (SSSR count). The Morgan fingerprint density at radius 3 is 2.54 bits per heavy atom. The van der Waals surface area contributed by atoms with Crippen LogP contribution in [-0.2, 0) is 12.6 Å². The SMILES string of the molecule is O=c1c(Cl)c(N2CCC(O)(Cc3ccccc3C(F)(F)F)CC2)cnn1PI. The topological polar surface area (TPSA) is 58.4 Å². The molecule has 1 N–H and O–H groups in total. The van der Waals surface area contributed by atoms with Crippen LogP contribution in [-0.4, -0.2) is 33.3 Å². The van der Waals surface area contributed by atoms with Gasteiger partial charge in [0.2, 0.25) is 0 Å². The van der Waals surface area contributed by atoms with E-state index in [1.54, 1.807) is 0 Å². The Morgan fingerprint density at radius 1 is 1.29 bits per heavy atom. The zero-order chi connectivity index (χ0) is 20.5. The number of hydrogen-bond acceptors (Lipinski definition) is 4. The number of aliphatic hydroxyl groups is 1. The zero-order valence-electron chi connectivity index (χ0n) is 14.5. The van der Waals surface area contributed by atoms with E-state index in [2.05, 4.69) is 5.10 Å². The van der Waals surface area contributed by atoms with E-state index in [0.29, 0.717) is 18.8 Å². The monoisotopic (exact) mass is 545 g/mol. The van der Waals surface area contributed by atoms with Gasteiger partial charge in [0.15, 0.2) is 0 Å². The van der Waals surface area contributed by atoms with Gasteiger partial charge in [0.05, 0.1) is 29.4 Å². The first-order valence-corrected chi connectivity index (χ1v) is 12.9. The number of anilines is 1. The lowest BCUT2D eigenvalue weighted by molar-refractivity contribution is -0.138. The van der Waals surface area contributed by atoms with Gasteiger partial charge < -0.3 is 10.0 Å². The minimum atomic E-state index is -4.46. The van der Waals surface area contributed by atoms with Gasteiger partial charge in [-0.3, -0.25) is 4.79 Å². The predicted octanol–water partition coefficient (Wildman–Crippen LogP) is 4.28. The summed E-state index contributed by atoms with van der Waals surface area (Å²) in [5.74, 6) is 0. The Hall–Kier alpha value is -0.900. The molecule has 1 fully saturated rings. The van der Waals surface area contributed by atoms with Crippen molar-refractivity contribution < 1.29 is 18.3 Å². The van der Waals surface area contributed by atoms with E-state index >= 15 is 0 Å². The molecule has 28 heavy (non-hydrogen) atoms. The Bertz CT molecular complexity index is 917. The number of piperidine rings is 1. The van der Waals surface area contributed by atoms with Crippen LogP contribution in [0.5, 0.6) is 0 Å². The maximum absolute atomic E-state index is 13.2. The van der Waals surface area contributed by atoms with Gasteiger partial charge in [-0.2, -0.15) is 18.3 Å². The summed E-state index contributed by atoms with van der Waals surface area (Å²) < 4.78 is 40.9. The first kappa shape index (κ1) is 21.8. The maximum Gasteiger partial charge on any atom is 0.416 e. The van der Waals surface area contributed by atoms with Crippen LogP contribution in [0.4, 0.5) is 18.9 Å². The number of hydrogen-bond donors (Lipinski definition) is 1. The van der Waals surface area contributed by atoms with E-state index in [1.165, 1.54) is 28.8 Å². The fourth-order valence-electron chi connectivity index (χ4n) is 3.35. The second-order valence-corrected chi connectivity index (χ2v) is 9.11. The highest BCUT2D eigenvalue weighted by molar-refractivity contribution is 14.2. The average Bonchev–Trinajstić information content (AvgIpc) is 2.64. The third-order valence-corrected chi connectivity index (χ3v) is 7.06. The average molecular weight is 546 g/mol. The highest BCUT2D eigenvalue weighted by Crippen LogP contribution is 2.36. The van der Waals surface area contributed by atoms with Crippen molar-refractivity contribution in [2.75, 3.05) is 18.0 Å². The molecule has 0 saturated carbocycles. The first-order chi connectivity index (χ1) is 13.1. The summed E-state index contributed by atoms with van der Waals surface area (Å²) in [6.45, 7) is 0.726. The minimum absolute atomic E-state index is 0.0621. The number of nitrogens with zero attached hydrogens (tertiary/aromatic N) is 3. The minimum Gasteiger partial charge on any atom is -0.389 e. The van der Waals surface area contributed by atoms with Crippen molar-refractivity contribution >= 4 is 45.7 Å². The summed E-state index contributed by atoms with van der Waals surface area (Å²) >= 11 is 8.21. The van der Waals surface area contributed by atoms with Gasteiger partial charge in [0.25, 0.3) is 5.56 Å². The molecule has 0 spiro atoms. The van der Waals surface area contributed by atoms with Crippen molar-refractivity contribution in [1.29, 1.82) is 0 Å². The van der Waals surface area contributed by atoms with Crippen LogP contribution in [0.2, 0.25) is 5.02 Å². The molecule has 0 aliphatic carbocycles. The lowest BCUT2D eigenvalue weighted by Crippen LogP contribution is -2.46. The number of rotatable bonds is 4. The van der Waals surface area contributed by atoms with Crippen LogP contribution >= 0.6 is 40.0 Å². The molecule has 1 aromatic carbocycles. The third-order valence-electron chi connectivity index (χ3n) is 4.86. The molecule has 11 heteroatoms. The van der Waals surface area contributed by atoms with Crippen LogP contribution in [0.15, 0.2) is 35.3 Å². The van der Waals surface area contributed by atoms with E-state index < -0.39 is 17.3 Å². The van der Waals surface area contributed by atoms with Gasteiger partial charge in [-0.1, -0.05) is 29.8 Å². The van der Waals surface area contributed by atoms with Gasteiger partial charge in [0, 0.05) is 19.5 Å². The lowest BCUT2D eigenvalue weighted by atomic mass is 9.84. The molecular formula is C17H17ClF3IN3O2P. The highest BCUT2D eigenvalue weighted by atomic mass is 127. The summed E-state index contributed by atoms with van der Waals surface area (Å²) in [5.41, 5.74) is -1.80. The number of alkyl halides is 3. The predicted molar refractivity (Wildman–Crippen MR) is 113 cm³/mol. The van der Waals surface area contributed by atoms with Gasteiger partial charge in [-0.15, -0.1) is 0 Å². The molecule has 1 saturated heterocycles. The van der Waals surface area contributed by atoms with E-state index in [9.17, 15) is 23.1 Å². The molecule has 2 heterocycles. The normalized spacial score (nSPS) is 17.4. The molecule has 0 amide bonds. The fraction of sp³-hybridized carbons (Fsp3) is 0.412. The molecule has 0 bridgehead atoms. The van der Waals surface area contributed by atoms with E-state index in [0.717, 1.165) is 6.07 Å². The summed E-state index contributed by atoms with van der Waals surface area (Å²) in [4.78, 5) is 14.0. The molecule has 152 valence electrons. The van der Waals surface area contributed by atoms with Crippen LogP contribution < -0.4 is 10.5 Å². The van der Waals surface area contributed by atoms with Gasteiger partial charge in [0.1, 0.15) is 5.02 Å². The molecule has 1 aliphatic heterocycles. The molecule has 1 aromatic heterocycles. The van der Waals surface area contributed by atoms with Crippen LogP contribution in [0.25, 0.3) is 0 Å². The van der Waals surface area contributed by atoms with Crippen LogP contribution in [0, 0.1) is 0 Å².